The van der Waals surface area contributed by atoms with Crippen molar-refractivity contribution in [2.45, 2.75) is 20.3 Å². The van der Waals surface area contributed by atoms with E-state index in [9.17, 15) is 14.4 Å². The number of rotatable bonds is 3. The lowest BCUT2D eigenvalue weighted by Crippen LogP contribution is -2.42. The average Bonchev–Trinajstić information content (AvgIpc) is 2.33. The van der Waals surface area contributed by atoms with E-state index in [2.05, 4.69) is 9.47 Å². The quantitative estimate of drug-likeness (QED) is 0.557. The predicted octanol–water partition coefficient (Wildman–Crippen LogP) is 1.12. The van der Waals surface area contributed by atoms with Crippen molar-refractivity contribution in [1.29, 1.82) is 0 Å². The van der Waals surface area contributed by atoms with Crippen molar-refractivity contribution < 1.29 is 23.9 Å². The summed E-state index contributed by atoms with van der Waals surface area (Å²) < 4.78 is 9.28. The molecule has 1 aliphatic rings. The zero-order valence-corrected chi connectivity index (χ0v) is 11.1. The smallest absolute Gasteiger partial charge is 0.320 e. The van der Waals surface area contributed by atoms with Crippen LogP contribution in [-0.4, -0.2) is 31.9 Å². The van der Waals surface area contributed by atoms with Crippen LogP contribution in [0.25, 0.3) is 0 Å². The van der Waals surface area contributed by atoms with Gasteiger partial charge in [-0.05, 0) is 17.4 Å². The maximum Gasteiger partial charge on any atom is 0.320 e. The number of methoxy groups -OCH3 is 2. The first kappa shape index (κ1) is 14.4. The van der Waals surface area contributed by atoms with Crippen LogP contribution >= 0.6 is 0 Å². The summed E-state index contributed by atoms with van der Waals surface area (Å²) in [4.78, 5) is 35.0. The summed E-state index contributed by atoms with van der Waals surface area (Å²) in [5, 5.41) is 0. The van der Waals surface area contributed by atoms with Gasteiger partial charge in [-0.3, -0.25) is 14.4 Å². The largest absolute Gasteiger partial charge is 0.468 e. The van der Waals surface area contributed by atoms with Gasteiger partial charge in [0.25, 0.3) is 0 Å². The molecule has 0 aromatic rings. The lowest BCUT2D eigenvalue weighted by Gasteiger charge is -2.36. The first-order chi connectivity index (χ1) is 8.33. The van der Waals surface area contributed by atoms with Crippen LogP contribution in [0.2, 0.25) is 0 Å². The number of ketones is 1. The summed E-state index contributed by atoms with van der Waals surface area (Å²) >= 11 is 0. The molecule has 1 rings (SSSR count). The number of esters is 2. The molecule has 18 heavy (non-hydrogen) atoms. The molecule has 1 aliphatic carbocycles. The van der Waals surface area contributed by atoms with Crippen LogP contribution in [0.1, 0.15) is 20.3 Å². The van der Waals surface area contributed by atoms with Crippen LogP contribution in [-0.2, 0) is 23.9 Å². The number of carbonyl (C=O) groups excluding carboxylic acids is 3. The first-order valence-electron chi connectivity index (χ1n) is 5.71. The van der Waals surface area contributed by atoms with Crippen LogP contribution in [0.15, 0.2) is 12.2 Å². The molecule has 0 bridgehead atoms. The van der Waals surface area contributed by atoms with Crippen molar-refractivity contribution >= 4 is 17.7 Å². The van der Waals surface area contributed by atoms with Gasteiger partial charge in [0.15, 0.2) is 11.7 Å². The van der Waals surface area contributed by atoms with Gasteiger partial charge in [-0.25, -0.2) is 0 Å². The van der Waals surface area contributed by atoms with E-state index in [4.69, 9.17) is 0 Å². The summed E-state index contributed by atoms with van der Waals surface area (Å²) in [6.45, 7) is 3.75. The SMILES string of the molecule is COC(=O)C(C(=O)OC)C1CC(=O)C=CC1(C)C. The second-order valence-corrected chi connectivity index (χ2v) is 4.96. The molecule has 0 saturated heterocycles. The molecular formula is C13H18O5. The highest BCUT2D eigenvalue weighted by Crippen LogP contribution is 2.40. The van der Waals surface area contributed by atoms with Gasteiger partial charge < -0.3 is 9.47 Å². The molecule has 0 aromatic carbocycles. The van der Waals surface area contributed by atoms with Gasteiger partial charge in [-0.1, -0.05) is 19.9 Å². The van der Waals surface area contributed by atoms with Gasteiger partial charge in [0.05, 0.1) is 14.2 Å². The van der Waals surface area contributed by atoms with E-state index in [1.807, 2.05) is 13.8 Å². The summed E-state index contributed by atoms with van der Waals surface area (Å²) in [5.74, 6) is -2.94. The normalized spacial score (nSPS) is 21.8. The molecular weight excluding hydrogens is 236 g/mol. The Morgan fingerprint density at radius 1 is 1.28 bits per heavy atom. The van der Waals surface area contributed by atoms with Crippen LogP contribution < -0.4 is 0 Å². The molecule has 0 radical (unpaired) electrons. The van der Waals surface area contributed by atoms with E-state index >= 15 is 0 Å². The molecule has 1 unspecified atom stereocenters. The second kappa shape index (κ2) is 5.33. The summed E-state index contributed by atoms with van der Waals surface area (Å²) in [6, 6.07) is 0. The topological polar surface area (TPSA) is 69.7 Å². The molecule has 0 heterocycles. The Labute approximate surface area is 106 Å². The molecule has 0 fully saturated rings. The van der Waals surface area contributed by atoms with E-state index in [0.717, 1.165) is 0 Å². The Hall–Kier alpha value is -1.65. The molecule has 0 aromatic heterocycles. The lowest BCUT2D eigenvalue weighted by molar-refractivity contribution is -0.163. The third kappa shape index (κ3) is 2.78. The minimum Gasteiger partial charge on any atom is -0.468 e. The first-order valence-corrected chi connectivity index (χ1v) is 5.71. The van der Waals surface area contributed by atoms with Crippen molar-refractivity contribution in [3.63, 3.8) is 0 Å². The Balaban J connectivity index is 3.12. The predicted molar refractivity (Wildman–Crippen MR) is 63.6 cm³/mol. The number of allylic oxidation sites excluding steroid dienone is 2. The third-order valence-electron chi connectivity index (χ3n) is 3.39. The maximum absolute atomic E-state index is 11.7. The van der Waals surface area contributed by atoms with Crippen LogP contribution in [0.4, 0.5) is 0 Å². The van der Waals surface area contributed by atoms with Crippen molar-refractivity contribution in [1.82, 2.24) is 0 Å². The maximum atomic E-state index is 11.7. The van der Waals surface area contributed by atoms with E-state index < -0.39 is 29.2 Å². The van der Waals surface area contributed by atoms with Gasteiger partial charge in [-0.15, -0.1) is 0 Å². The van der Waals surface area contributed by atoms with Crippen molar-refractivity contribution in [3.8, 4) is 0 Å². The Bertz CT molecular complexity index is 378. The minimum atomic E-state index is -1.07. The number of hydrogen-bond donors (Lipinski definition) is 0. The summed E-state index contributed by atoms with van der Waals surface area (Å²) in [7, 11) is 2.43. The third-order valence-corrected chi connectivity index (χ3v) is 3.39. The Kier molecular flexibility index (Phi) is 4.27. The van der Waals surface area contributed by atoms with Crippen molar-refractivity contribution in [2.75, 3.05) is 14.2 Å². The second-order valence-electron chi connectivity index (χ2n) is 4.96. The highest BCUT2D eigenvalue weighted by molar-refractivity contribution is 5.97. The minimum absolute atomic E-state index is 0.0999. The molecule has 0 spiro atoms. The van der Waals surface area contributed by atoms with Gasteiger partial charge in [-0.2, -0.15) is 0 Å². The van der Waals surface area contributed by atoms with Gasteiger partial charge >= 0.3 is 11.9 Å². The number of hydrogen-bond acceptors (Lipinski definition) is 5. The molecule has 0 amide bonds. The molecule has 0 N–H and O–H groups in total. The van der Waals surface area contributed by atoms with Gasteiger partial charge in [0.1, 0.15) is 0 Å². The zero-order valence-electron chi connectivity index (χ0n) is 11.1. The Morgan fingerprint density at radius 2 is 1.78 bits per heavy atom. The summed E-state index contributed by atoms with van der Waals surface area (Å²) in [5.41, 5.74) is -0.443. The highest BCUT2D eigenvalue weighted by atomic mass is 16.5. The van der Waals surface area contributed by atoms with Crippen LogP contribution in [0, 0.1) is 17.3 Å². The van der Waals surface area contributed by atoms with E-state index in [0.29, 0.717) is 0 Å². The molecule has 5 nitrogen and oxygen atoms in total. The average molecular weight is 254 g/mol. The van der Waals surface area contributed by atoms with E-state index in [-0.39, 0.29) is 12.2 Å². The Morgan fingerprint density at radius 3 is 2.22 bits per heavy atom. The number of ether oxygens (including phenoxy) is 2. The molecule has 0 saturated carbocycles. The standard InChI is InChI=1S/C13H18O5/c1-13(2)6-5-8(14)7-9(13)10(11(15)17-3)12(16)18-4/h5-6,9-10H,7H2,1-4H3. The fourth-order valence-electron chi connectivity index (χ4n) is 2.21. The van der Waals surface area contributed by atoms with Crippen LogP contribution in [0.3, 0.4) is 0 Å². The fraction of sp³-hybridized carbons (Fsp3) is 0.615. The van der Waals surface area contributed by atoms with E-state index in [1.54, 1.807) is 6.08 Å². The highest BCUT2D eigenvalue weighted by Gasteiger charge is 2.46. The lowest BCUT2D eigenvalue weighted by atomic mass is 9.66. The zero-order chi connectivity index (χ0) is 13.9. The van der Waals surface area contributed by atoms with Crippen molar-refractivity contribution in [3.05, 3.63) is 12.2 Å². The molecule has 0 aliphatic heterocycles. The number of carbonyl (C=O) groups is 3. The van der Waals surface area contributed by atoms with Crippen LogP contribution in [0.5, 0.6) is 0 Å². The van der Waals surface area contributed by atoms with Gasteiger partial charge in [0.2, 0.25) is 0 Å². The van der Waals surface area contributed by atoms with Gasteiger partial charge in [0, 0.05) is 6.42 Å². The van der Waals surface area contributed by atoms with E-state index in [1.165, 1.54) is 20.3 Å². The fourth-order valence-corrected chi connectivity index (χ4v) is 2.21. The molecule has 100 valence electrons. The molecule has 1 atom stereocenters. The monoisotopic (exact) mass is 254 g/mol. The van der Waals surface area contributed by atoms with Crippen molar-refractivity contribution in [2.24, 2.45) is 17.3 Å². The summed E-state index contributed by atoms with van der Waals surface area (Å²) in [6.07, 6.45) is 3.35. The molecule has 5 heteroatoms.